The normalized spacial score (nSPS) is 17.3. The highest BCUT2D eigenvalue weighted by molar-refractivity contribution is 6.46. The topological polar surface area (TPSA) is 89.0 Å². The molecule has 1 aromatic heterocycles. The van der Waals surface area contributed by atoms with E-state index in [9.17, 15) is 14.7 Å². The van der Waals surface area contributed by atoms with Gasteiger partial charge in [-0.2, -0.15) is 0 Å². The molecule has 0 saturated carbocycles. The molecule has 3 aromatic rings. The van der Waals surface area contributed by atoms with Gasteiger partial charge in [0.05, 0.1) is 25.3 Å². The fraction of sp³-hybridized carbons (Fsp3) is 0.192. The summed E-state index contributed by atoms with van der Waals surface area (Å²) in [6.45, 7) is 2.56. The highest BCUT2D eigenvalue weighted by atomic mass is 16.5. The third-order valence-corrected chi connectivity index (χ3v) is 5.47. The van der Waals surface area contributed by atoms with E-state index in [4.69, 9.17) is 9.47 Å². The quantitative estimate of drug-likeness (QED) is 0.335. The van der Waals surface area contributed by atoms with Gasteiger partial charge in [-0.15, -0.1) is 0 Å². The molecule has 1 aliphatic rings. The van der Waals surface area contributed by atoms with Crippen LogP contribution in [0, 0.1) is 0 Å². The van der Waals surface area contributed by atoms with Crippen molar-refractivity contribution in [2.75, 3.05) is 13.7 Å². The van der Waals surface area contributed by atoms with Gasteiger partial charge in [0.25, 0.3) is 11.7 Å². The standard InChI is InChI=1S/C26H24N2O5/c1-3-33-20-11-9-18(10-12-20)24(29)22-23(19-7-5-13-27-15-19)28(26(31)25(22)30)16-17-6-4-8-21(14-17)32-2/h4-15,23,29H,3,16H2,1-2H3/b24-22-. The molecule has 1 fully saturated rings. The van der Waals surface area contributed by atoms with Crippen LogP contribution < -0.4 is 9.47 Å². The molecule has 0 spiro atoms. The predicted molar refractivity (Wildman–Crippen MR) is 123 cm³/mol. The number of amides is 1. The molecule has 1 atom stereocenters. The number of pyridine rings is 1. The number of rotatable bonds is 7. The van der Waals surface area contributed by atoms with Gasteiger partial charge < -0.3 is 19.5 Å². The molecular formula is C26H24N2O5. The SMILES string of the molecule is CCOc1ccc(/C(O)=C2/C(=O)C(=O)N(Cc3cccc(OC)c3)C2c2cccnc2)cc1. The van der Waals surface area contributed by atoms with Gasteiger partial charge in [-0.05, 0) is 60.5 Å². The predicted octanol–water partition coefficient (Wildman–Crippen LogP) is 4.11. The summed E-state index contributed by atoms with van der Waals surface area (Å²) in [6, 6.07) is 16.8. The van der Waals surface area contributed by atoms with E-state index in [1.54, 1.807) is 55.9 Å². The van der Waals surface area contributed by atoms with Gasteiger partial charge in [0.15, 0.2) is 0 Å². The molecule has 1 aliphatic heterocycles. The first-order valence-electron chi connectivity index (χ1n) is 10.6. The number of ether oxygens (including phenoxy) is 2. The van der Waals surface area contributed by atoms with Crippen molar-refractivity contribution in [3.05, 3.63) is 95.3 Å². The third kappa shape index (κ3) is 4.43. The number of benzene rings is 2. The summed E-state index contributed by atoms with van der Waals surface area (Å²) in [5, 5.41) is 11.1. The van der Waals surface area contributed by atoms with Crippen LogP contribution >= 0.6 is 0 Å². The number of aliphatic hydroxyl groups is 1. The minimum absolute atomic E-state index is 0.0278. The van der Waals surface area contributed by atoms with Crippen LogP contribution in [-0.2, 0) is 16.1 Å². The number of Topliss-reactive ketones (excluding diaryl/α,β-unsaturated/α-hetero) is 1. The number of ketones is 1. The summed E-state index contributed by atoms with van der Waals surface area (Å²) in [5.74, 6) is -0.358. The van der Waals surface area contributed by atoms with E-state index in [0.717, 1.165) is 5.56 Å². The Morgan fingerprint density at radius 3 is 2.52 bits per heavy atom. The maximum Gasteiger partial charge on any atom is 0.295 e. The van der Waals surface area contributed by atoms with Crippen molar-refractivity contribution < 1.29 is 24.2 Å². The number of hydrogen-bond acceptors (Lipinski definition) is 6. The van der Waals surface area contributed by atoms with Crippen LogP contribution in [0.15, 0.2) is 78.6 Å². The lowest BCUT2D eigenvalue weighted by molar-refractivity contribution is -0.140. The highest BCUT2D eigenvalue weighted by Gasteiger charge is 2.46. The molecule has 7 heteroatoms. The van der Waals surface area contributed by atoms with Gasteiger partial charge in [0, 0.05) is 24.5 Å². The summed E-state index contributed by atoms with van der Waals surface area (Å²) in [4.78, 5) is 31.8. The van der Waals surface area contributed by atoms with Crippen LogP contribution in [0.4, 0.5) is 0 Å². The monoisotopic (exact) mass is 444 g/mol. The first-order chi connectivity index (χ1) is 16.0. The number of aromatic nitrogens is 1. The zero-order chi connectivity index (χ0) is 23.4. The van der Waals surface area contributed by atoms with Gasteiger partial charge in [-0.25, -0.2) is 0 Å². The smallest absolute Gasteiger partial charge is 0.295 e. The minimum atomic E-state index is -0.781. The summed E-state index contributed by atoms with van der Waals surface area (Å²) in [5.41, 5.74) is 1.88. The number of methoxy groups -OCH3 is 1. The number of carbonyl (C=O) groups excluding carboxylic acids is 2. The second-order valence-electron chi connectivity index (χ2n) is 7.52. The summed E-state index contributed by atoms with van der Waals surface area (Å²) in [6.07, 6.45) is 3.21. The van der Waals surface area contributed by atoms with Crippen molar-refractivity contribution in [1.82, 2.24) is 9.88 Å². The van der Waals surface area contributed by atoms with E-state index in [0.29, 0.717) is 29.2 Å². The Kier molecular flexibility index (Phi) is 6.40. The van der Waals surface area contributed by atoms with Crippen molar-refractivity contribution in [1.29, 1.82) is 0 Å². The minimum Gasteiger partial charge on any atom is -0.507 e. The number of likely N-dealkylation sites (tertiary alicyclic amines) is 1. The Morgan fingerprint density at radius 2 is 1.85 bits per heavy atom. The van der Waals surface area contributed by atoms with Crippen LogP contribution in [0.1, 0.15) is 29.7 Å². The van der Waals surface area contributed by atoms with Crippen LogP contribution in [0.5, 0.6) is 11.5 Å². The molecule has 1 amide bonds. The summed E-state index contributed by atoms with van der Waals surface area (Å²) in [7, 11) is 1.57. The van der Waals surface area contributed by atoms with E-state index in [1.807, 2.05) is 31.2 Å². The van der Waals surface area contributed by atoms with Gasteiger partial charge >= 0.3 is 0 Å². The van der Waals surface area contributed by atoms with E-state index >= 15 is 0 Å². The van der Waals surface area contributed by atoms with Crippen LogP contribution in [0.25, 0.3) is 5.76 Å². The fourth-order valence-corrected chi connectivity index (χ4v) is 3.93. The maximum absolute atomic E-state index is 13.1. The molecule has 33 heavy (non-hydrogen) atoms. The maximum atomic E-state index is 13.1. The Hall–Kier alpha value is -4.13. The fourth-order valence-electron chi connectivity index (χ4n) is 3.93. The molecule has 2 aromatic carbocycles. The second kappa shape index (κ2) is 9.56. The molecule has 4 rings (SSSR count). The van der Waals surface area contributed by atoms with Gasteiger partial charge in [-0.3, -0.25) is 14.6 Å². The van der Waals surface area contributed by atoms with Crippen LogP contribution in [-0.4, -0.2) is 40.4 Å². The zero-order valence-corrected chi connectivity index (χ0v) is 18.4. The zero-order valence-electron chi connectivity index (χ0n) is 18.4. The Morgan fingerprint density at radius 1 is 1.06 bits per heavy atom. The first-order valence-corrected chi connectivity index (χ1v) is 10.6. The van der Waals surface area contributed by atoms with Crippen LogP contribution in [0.3, 0.4) is 0 Å². The van der Waals surface area contributed by atoms with E-state index in [2.05, 4.69) is 4.98 Å². The van der Waals surface area contributed by atoms with Gasteiger partial charge in [0.1, 0.15) is 17.3 Å². The average Bonchev–Trinajstić information content (AvgIpc) is 3.10. The van der Waals surface area contributed by atoms with Gasteiger partial charge in [-0.1, -0.05) is 18.2 Å². The first kappa shape index (κ1) is 22.1. The Labute approximate surface area is 191 Å². The van der Waals surface area contributed by atoms with Crippen molar-refractivity contribution in [2.24, 2.45) is 0 Å². The number of nitrogens with zero attached hydrogens (tertiary/aromatic N) is 2. The number of aliphatic hydroxyl groups excluding tert-OH is 1. The Balaban J connectivity index is 1.79. The van der Waals surface area contributed by atoms with Gasteiger partial charge in [0.2, 0.25) is 0 Å². The second-order valence-corrected chi connectivity index (χ2v) is 7.52. The van der Waals surface area contributed by atoms with Crippen LogP contribution in [0.2, 0.25) is 0 Å². The van der Waals surface area contributed by atoms with Crippen molar-refractivity contribution in [3.8, 4) is 11.5 Å². The average molecular weight is 444 g/mol. The molecule has 1 N–H and O–H groups in total. The van der Waals surface area contributed by atoms with E-state index in [1.165, 1.54) is 4.90 Å². The van der Waals surface area contributed by atoms with Crippen molar-refractivity contribution >= 4 is 17.4 Å². The number of hydrogen-bond donors (Lipinski definition) is 1. The lowest BCUT2D eigenvalue weighted by Gasteiger charge is -2.25. The molecule has 168 valence electrons. The summed E-state index contributed by atoms with van der Waals surface area (Å²) >= 11 is 0. The van der Waals surface area contributed by atoms with Crippen molar-refractivity contribution in [3.63, 3.8) is 0 Å². The lowest BCUT2D eigenvalue weighted by atomic mass is 9.96. The molecule has 1 unspecified atom stereocenters. The molecule has 2 heterocycles. The largest absolute Gasteiger partial charge is 0.507 e. The van der Waals surface area contributed by atoms with Crippen molar-refractivity contribution in [2.45, 2.75) is 19.5 Å². The van der Waals surface area contributed by atoms with E-state index < -0.39 is 17.7 Å². The highest BCUT2D eigenvalue weighted by Crippen LogP contribution is 2.40. The number of carbonyl (C=O) groups is 2. The lowest BCUT2D eigenvalue weighted by Crippen LogP contribution is -2.29. The molecule has 0 radical (unpaired) electrons. The Bertz CT molecular complexity index is 1190. The molecule has 7 nitrogen and oxygen atoms in total. The third-order valence-electron chi connectivity index (χ3n) is 5.47. The van der Waals surface area contributed by atoms with E-state index in [-0.39, 0.29) is 17.9 Å². The molecule has 0 aliphatic carbocycles. The summed E-state index contributed by atoms with van der Waals surface area (Å²) < 4.78 is 10.7. The molecular weight excluding hydrogens is 420 g/mol. The molecule has 0 bridgehead atoms. The molecule has 1 saturated heterocycles.